The number of aromatic nitrogens is 4. The van der Waals surface area contributed by atoms with Gasteiger partial charge in [0.25, 0.3) is 0 Å². The van der Waals surface area contributed by atoms with Crippen molar-refractivity contribution in [3.63, 3.8) is 0 Å². The number of hydrogen-bond acceptors (Lipinski definition) is 5. The van der Waals surface area contributed by atoms with Gasteiger partial charge in [-0.15, -0.1) is 5.10 Å². The minimum atomic E-state index is 0.470. The molecule has 0 spiro atoms. The normalized spacial score (nSPS) is 11.1. The molecule has 2 aromatic heterocycles. The van der Waals surface area contributed by atoms with Crippen molar-refractivity contribution in [2.24, 2.45) is 13.0 Å². The summed E-state index contributed by atoms with van der Waals surface area (Å²) < 4.78 is 7.26. The van der Waals surface area contributed by atoms with Crippen molar-refractivity contribution in [3.05, 3.63) is 23.8 Å². The molecule has 0 aliphatic carbocycles. The fraction of sp³-hybridized carbons (Fsp3) is 0.583. The Balaban J connectivity index is 1.83. The van der Waals surface area contributed by atoms with Crippen LogP contribution in [0.15, 0.2) is 16.8 Å². The molecule has 2 aromatic rings. The first-order chi connectivity index (χ1) is 8.63. The molecule has 18 heavy (non-hydrogen) atoms. The van der Waals surface area contributed by atoms with E-state index in [1.54, 1.807) is 4.68 Å². The molecule has 0 aliphatic rings. The van der Waals surface area contributed by atoms with Gasteiger partial charge >= 0.3 is 6.01 Å². The lowest BCUT2D eigenvalue weighted by molar-refractivity contribution is 0.469. The largest absolute Gasteiger partial charge is 0.408 e. The van der Waals surface area contributed by atoms with E-state index < -0.39 is 0 Å². The molecule has 0 radical (unpaired) electrons. The number of nitrogens with zero attached hydrogens (tertiary/aromatic N) is 4. The zero-order chi connectivity index (χ0) is 13.0. The van der Waals surface area contributed by atoms with E-state index in [9.17, 15) is 0 Å². The van der Waals surface area contributed by atoms with Gasteiger partial charge in [0.05, 0.1) is 6.20 Å². The van der Waals surface area contributed by atoms with E-state index in [2.05, 4.69) is 34.5 Å². The zero-order valence-electron chi connectivity index (χ0n) is 11.1. The van der Waals surface area contributed by atoms with E-state index in [1.165, 1.54) is 0 Å². The summed E-state index contributed by atoms with van der Waals surface area (Å²) in [7, 11) is 1.89. The van der Waals surface area contributed by atoms with Gasteiger partial charge in [-0.05, 0) is 12.3 Å². The quantitative estimate of drug-likeness (QED) is 0.848. The third kappa shape index (κ3) is 3.58. The van der Waals surface area contributed by atoms with E-state index in [4.69, 9.17) is 4.42 Å². The highest BCUT2D eigenvalue weighted by atomic mass is 16.4. The third-order valence-corrected chi connectivity index (χ3v) is 2.60. The lowest BCUT2D eigenvalue weighted by Crippen LogP contribution is -1.98. The summed E-state index contributed by atoms with van der Waals surface area (Å²) >= 11 is 0. The Bertz CT molecular complexity index is 488. The number of rotatable bonds is 6. The highest BCUT2D eigenvalue weighted by Crippen LogP contribution is 2.11. The van der Waals surface area contributed by atoms with Crippen molar-refractivity contribution in [2.75, 3.05) is 5.32 Å². The summed E-state index contributed by atoms with van der Waals surface area (Å²) in [5, 5.41) is 15.1. The minimum absolute atomic E-state index is 0.470. The van der Waals surface area contributed by atoms with Crippen LogP contribution in [0.3, 0.4) is 0 Å². The van der Waals surface area contributed by atoms with Crippen molar-refractivity contribution in [1.82, 2.24) is 20.0 Å². The van der Waals surface area contributed by atoms with E-state index in [-0.39, 0.29) is 0 Å². The topological polar surface area (TPSA) is 68.8 Å². The molecule has 98 valence electrons. The fourth-order valence-corrected chi connectivity index (χ4v) is 1.58. The molecule has 6 nitrogen and oxygen atoms in total. The molecule has 6 heteroatoms. The van der Waals surface area contributed by atoms with Gasteiger partial charge in [0.1, 0.15) is 0 Å². The molecule has 0 aliphatic heterocycles. The van der Waals surface area contributed by atoms with Crippen LogP contribution in [-0.4, -0.2) is 20.0 Å². The monoisotopic (exact) mass is 249 g/mol. The van der Waals surface area contributed by atoms with Crippen molar-refractivity contribution >= 4 is 6.01 Å². The molecular formula is C12H19N5O. The van der Waals surface area contributed by atoms with Crippen LogP contribution in [0.5, 0.6) is 0 Å². The lowest BCUT2D eigenvalue weighted by Gasteiger charge is -1.99. The van der Waals surface area contributed by atoms with Crippen LogP contribution in [0, 0.1) is 5.92 Å². The van der Waals surface area contributed by atoms with E-state index in [1.807, 2.05) is 19.4 Å². The maximum Gasteiger partial charge on any atom is 0.315 e. The summed E-state index contributed by atoms with van der Waals surface area (Å²) in [6, 6.07) is 0.470. The Labute approximate surface area is 106 Å². The number of hydrogen-bond donors (Lipinski definition) is 1. The number of anilines is 1. The maximum atomic E-state index is 5.50. The standard InChI is InChI=1S/C12H19N5O/c1-9(2)4-5-11-15-16-12(18-11)13-6-10-7-14-17(3)8-10/h7-9H,4-6H2,1-3H3,(H,13,16). The Morgan fingerprint density at radius 1 is 1.39 bits per heavy atom. The van der Waals surface area contributed by atoms with E-state index >= 15 is 0 Å². The van der Waals surface area contributed by atoms with Crippen molar-refractivity contribution in [1.29, 1.82) is 0 Å². The summed E-state index contributed by atoms with van der Waals surface area (Å²) in [5.41, 5.74) is 1.08. The smallest absolute Gasteiger partial charge is 0.315 e. The van der Waals surface area contributed by atoms with Gasteiger partial charge in [-0.25, -0.2) is 0 Å². The van der Waals surface area contributed by atoms with Crippen molar-refractivity contribution in [3.8, 4) is 0 Å². The molecule has 2 rings (SSSR count). The number of nitrogens with one attached hydrogen (secondary N) is 1. The Kier molecular flexibility index (Phi) is 3.96. The molecule has 0 atom stereocenters. The van der Waals surface area contributed by atoms with Gasteiger partial charge < -0.3 is 9.73 Å². The van der Waals surface area contributed by atoms with Crippen LogP contribution in [0.2, 0.25) is 0 Å². The average molecular weight is 249 g/mol. The molecule has 0 fully saturated rings. The van der Waals surface area contributed by atoms with Gasteiger partial charge in [0.15, 0.2) is 0 Å². The average Bonchev–Trinajstić information content (AvgIpc) is 2.93. The molecule has 0 amide bonds. The second kappa shape index (κ2) is 5.66. The van der Waals surface area contributed by atoms with Crippen LogP contribution in [-0.2, 0) is 20.0 Å². The van der Waals surface area contributed by atoms with Crippen molar-refractivity contribution < 1.29 is 4.42 Å². The SMILES string of the molecule is CC(C)CCc1nnc(NCc2cnn(C)c2)o1. The van der Waals surface area contributed by atoms with Gasteiger partial charge in [-0.2, -0.15) is 5.10 Å². The highest BCUT2D eigenvalue weighted by Gasteiger charge is 2.06. The minimum Gasteiger partial charge on any atom is -0.408 e. The van der Waals surface area contributed by atoms with Crippen LogP contribution in [0.4, 0.5) is 6.01 Å². The first kappa shape index (κ1) is 12.6. The van der Waals surface area contributed by atoms with Crippen LogP contribution in [0.25, 0.3) is 0 Å². The molecule has 0 saturated carbocycles. The Hall–Kier alpha value is -1.85. The van der Waals surface area contributed by atoms with Crippen molar-refractivity contribution in [2.45, 2.75) is 33.2 Å². The Morgan fingerprint density at radius 3 is 2.89 bits per heavy atom. The number of aryl methyl sites for hydroxylation is 2. The summed E-state index contributed by atoms with van der Waals surface area (Å²) in [6.45, 7) is 5.00. The summed E-state index contributed by atoms with van der Waals surface area (Å²) in [4.78, 5) is 0. The molecule has 1 N–H and O–H groups in total. The maximum absolute atomic E-state index is 5.50. The van der Waals surface area contributed by atoms with Crippen LogP contribution < -0.4 is 5.32 Å². The van der Waals surface area contributed by atoms with E-state index in [0.29, 0.717) is 24.4 Å². The zero-order valence-corrected chi connectivity index (χ0v) is 11.1. The van der Waals surface area contributed by atoms with Crippen LogP contribution >= 0.6 is 0 Å². The van der Waals surface area contributed by atoms with Gasteiger partial charge in [-0.1, -0.05) is 18.9 Å². The Morgan fingerprint density at radius 2 is 2.22 bits per heavy atom. The van der Waals surface area contributed by atoms with Gasteiger partial charge in [0.2, 0.25) is 5.89 Å². The molecule has 0 saturated heterocycles. The predicted molar refractivity (Wildman–Crippen MR) is 68.0 cm³/mol. The first-order valence-corrected chi connectivity index (χ1v) is 6.17. The summed E-state index contributed by atoms with van der Waals surface area (Å²) in [6.07, 6.45) is 5.65. The molecular weight excluding hydrogens is 230 g/mol. The third-order valence-electron chi connectivity index (χ3n) is 2.60. The lowest BCUT2D eigenvalue weighted by atomic mass is 10.1. The van der Waals surface area contributed by atoms with E-state index in [0.717, 1.165) is 18.4 Å². The molecule has 2 heterocycles. The molecule has 0 aromatic carbocycles. The van der Waals surface area contributed by atoms with Gasteiger partial charge in [0, 0.05) is 31.8 Å². The summed E-state index contributed by atoms with van der Waals surface area (Å²) in [5.74, 6) is 1.33. The second-order valence-corrected chi connectivity index (χ2v) is 4.81. The predicted octanol–water partition coefficient (Wildman–Crippen LogP) is 2.00. The highest BCUT2D eigenvalue weighted by molar-refractivity contribution is 5.20. The molecule has 0 bridgehead atoms. The second-order valence-electron chi connectivity index (χ2n) is 4.81. The van der Waals surface area contributed by atoms with Crippen LogP contribution in [0.1, 0.15) is 31.7 Å². The van der Waals surface area contributed by atoms with Gasteiger partial charge in [-0.3, -0.25) is 4.68 Å². The first-order valence-electron chi connectivity index (χ1n) is 6.17. The molecule has 0 unspecified atom stereocenters. The fourth-order valence-electron chi connectivity index (χ4n) is 1.58.